The number of benzene rings is 2. The summed E-state index contributed by atoms with van der Waals surface area (Å²) in [6, 6.07) is 13.9. The number of aromatic nitrogens is 4. The standard InChI is InChI=1S/C23H20Cl2N8O/c24-13-5-1-11(2-6-13)18-16(30-22(28)32-20(18)26)9-15(34)10-17-19(21(27)33-23(29)31-17)12-3-7-14(25)8-4-12/h1-8H,9-10H2,(H4,26,28,30,32)(H4,27,29,31,33). The molecule has 0 aliphatic rings. The number of carbonyl (C=O) groups is 1. The van der Waals surface area contributed by atoms with Crippen molar-refractivity contribution in [3.05, 3.63) is 70.0 Å². The smallest absolute Gasteiger partial charge is 0.222 e. The van der Waals surface area contributed by atoms with Gasteiger partial charge in [-0.25, -0.2) is 9.97 Å². The first-order valence-corrected chi connectivity index (χ1v) is 10.8. The average Bonchev–Trinajstić information content (AvgIpc) is 2.75. The molecule has 0 fully saturated rings. The molecule has 8 N–H and O–H groups in total. The molecule has 0 aliphatic heterocycles. The van der Waals surface area contributed by atoms with Crippen LogP contribution in [0, 0.1) is 0 Å². The SMILES string of the molecule is Nc1nc(N)c(-c2ccc(Cl)cc2)c(CC(=O)Cc2nc(N)nc(N)c2-c2ccc(Cl)cc2)n1. The maximum Gasteiger partial charge on any atom is 0.222 e. The molecule has 4 rings (SSSR count). The van der Waals surface area contributed by atoms with Gasteiger partial charge in [0.15, 0.2) is 0 Å². The number of nitrogen functional groups attached to an aromatic ring is 4. The highest BCUT2D eigenvalue weighted by atomic mass is 35.5. The predicted octanol–water partition coefficient (Wildman–Crippen LogP) is 3.59. The van der Waals surface area contributed by atoms with E-state index < -0.39 is 0 Å². The van der Waals surface area contributed by atoms with Crippen LogP contribution in [0.3, 0.4) is 0 Å². The molecule has 4 aromatic rings. The summed E-state index contributed by atoms with van der Waals surface area (Å²) in [5, 5.41) is 1.12. The molecule has 172 valence electrons. The van der Waals surface area contributed by atoms with Crippen molar-refractivity contribution in [3.63, 3.8) is 0 Å². The van der Waals surface area contributed by atoms with Crippen molar-refractivity contribution in [1.82, 2.24) is 19.9 Å². The Kier molecular flexibility index (Phi) is 6.49. The van der Waals surface area contributed by atoms with Crippen LogP contribution in [0.25, 0.3) is 22.3 Å². The second-order valence-corrected chi connectivity index (χ2v) is 8.36. The lowest BCUT2D eigenvalue weighted by Crippen LogP contribution is -2.15. The number of ketones is 1. The van der Waals surface area contributed by atoms with Gasteiger partial charge in [0.05, 0.1) is 11.4 Å². The van der Waals surface area contributed by atoms with Crippen LogP contribution in [-0.2, 0) is 17.6 Å². The molecule has 0 saturated carbocycles. The van der Waals surface area contributed by atoms with Crippen LogP contribution in [0.4, 0.5) is 23.5 Å². The first-order chi connectivity index (χ1) is 16.2. The van der Waals surface area contributed by atoms with E-state index in [-0.39, 0.29) is 42.2 Å². The molecule has 2 heterocycles. The number of Topliss-reactive ketones (excluding diaryl/α,β-unsaturated/α-hetero) is 1. The fraction of sp³-hybridized carbons (Fsp3) is 0.0870. The molecule has 0 radical (unpaired) electrons. The average molecular weight is 495 g/mol. The van der Waals surface area contributed by atoms with Crippen molar-refractivity contribution >= 4 is 52.5 Å². The zero-order chi connectivity index (χ0) is 24.4. The molecule has 9 nitrogen and oxygen atoms in total. The first kappa shape index (κ1) is 23.2. The first-order valence-electron chi connectivity index (χ1n) is 10.1. The Morgan fingerprint density at radius 3 is 1.32 bits per heavy atom. The Morgan fingerprint density at radius 2 is 0.971 bits per heavy atom. The molecule has 11 heteroatoms. The quantitative estimate of drug-likeness (QED) is 0.312. The van der Waals surface area contributed by atoms with E-state index in [1.807, 2.05) is 0 Å². The van der Waals surface area contributed by atoms with E-state index in [0.717, 1.165) is 0 Å². The third kappa shape index (κ3) is 5.00. The van der Waals surface area contributed by atoms with E-state index in [4.69, 9.17) is 46.1 Å². The Bertz CT molecular complexity index is 1270. The van der Waals surface area contributed by atoms with E-state index in [9.17, 15) is 4.79 Å². The number of hydrogen-bond donors (Lipinski definition) is 4. The number of nitrogens with zero attached hydrogens (tertiary/aromatic N) is 4. The minimum atomic E-state index is -0.208. The summed E-state index contributed by atoms with van der Waals surface area (Å²) < 4.78 is 0. The molecular formula is C23H20Cl2N8O. The second kappa shape index (κ2) is 9.50. The van der Waals surface area contributed by atoms with Crippen LogP contribution >= 0.6 is 23.2 Å². The Morgan fingerprint density at radius 1 is 0.618 bits per heavy atom. The highest BCUT2D eigenvalue weighted by molar-refractivity contribution is 6.31. The summed E-state index contributed by atoms with van der Waals surface area (Å²) >= 11 is 12.0. The van der Waals surface area contributed by atoms with Crippen molar-refractivity contribution in [2.75, 3.05) is 22.9 Å². The normalized spacial score (nSPS) is 10.9. The summed E-state index contributed by atoms with van der Waals surface area (Å²) in [7, 11) is 0. The molecule has 0 saturated heterocycles. The summed E-state index contributed by atoms with van der Waals surface area (Å²) in [5.74, 6) is 0.0520. The fourth-order valence-corrected chi connectivity index (χ4v) is 3.90. The van der Waals surface area contributed by atoms with Crippen molar-refractivity contribution in [2.45, 2.75) is 12.8 Å². The van der Waals surface area contributed by atoms with Gasteiger partial charge in [-0.2, -0.15) is 9.97 Å². The van der Waals surface area contributed by atoms with Crippen molar-refractivity contribution in [3.8, 4) is 22.3 Å². The van der Waals surface area contributed by atoms with Gasteiger partial charge in [0, 0.05) is 34.0 Å². The van der Waals surface area contributed by atoms with Crippen molar-refractivity contribution in [2.24, 2.45) is 0 Å². The molecule has 34 heavy (non-hydrogen) atoms. The van der Waals surface area contributed by atoms with Gasteiger partial charge in [-0.15, -0.1) is 0 Å². The molecular weight excluding hydrogens is 475 g/mol. The Hall–Kier alpha value is -3.95. The number of rotatable bonds is 6. The summed E-state index contributed by atoms with van der Waals surface area (Å²) in [5.41, 5.74) is 27.1. The third-order valence-electron chi connectivity index (χ3n) is 5.05. The Labute approximate surface area is 205 Å². The highest BCUT2D eigenvalue weighted by Crippen LogP contribution is 2.32. The van der Waals surface area contributed by atoms with Crippen LogP contribution in [0.5, 0.6) is 0 Å². The summed E-state index contributed by atoms with van der Waals surface area (Å²) in [4.78, 5) is 29.8. The zero-order valence-corrected chi connectivity index (χ0v) is 19.3. The number of nitrogens with two attached hydrogens (primary N) is 4. The van der Waals surface area contributed by atoms with Crippen LogP contribution in [0.1, 0.15) is 11.4 Å². The minimum Gasteiger partial charge on any atom is -0.383 e. The molecule has 0 amide bonds. The molecule has 0 atom stereocenters. The topological polar surface area (TPSA) is 173 Å². The van der Waals surface area contributed by atoms with Gasteiger partial charge in [0.1, 0.15) is 17.4 Å². The van der Waals surface area contributed by atoms with Crippen LogP contribution in [-0.4, -0.2) is 25.7 Å². The maximum absolute atomic E-state index is 13.2. The molecule has 2 aromatic heterocycles. The molecule has 0 unspecified atom stereocenters. The van der Waals surface area contributed by atoms with E-state index in [0.29, 0.717) is 43.7 Å². The molecule has 0 spiro atoms. The van der Waals surface area contributed by atoms with Gasteiger partial charge in [-0.3, -0.25) is 4.79 Å². The van der Waals surface area contributed by atoms with E-state index >= 15 is 0 Å². The largest absolute Gasteiger partial charge is 0.383 e. The van der Waals surface area contributed by atoms with Gasteiger partial charge in [-0.05, 0) is 35.4 Å². The number of anilines is 4. The molecule has 0 bridgehead atoms. The number of carbonyl (C=O) groups excluding carboxylic acids is 1. The van der Waals surface area contributed by atoms with Crippen LogP contribution in [0.2, 0.25) is 10.0 Å². The van der Waals surface area contributed by atoms with E-state index in [1.165, 1.54) is 0 Å². The third-order valence-corrected chi connectivity index (χ3v) is 5.56. The number of hydrogen-bond acceptors (Lipinski definition) is 9. The van der Waals surface area contributed by atoms with Gasteiger partial charge in [0.25, 0.3) is 0 Å². The van der Waals surface area contributed by atoms with Crippen LogP contribution in [0.15, 0.2) is 48.5 Å². The maximum atomic E-state index is 13.2. The van der Waals surface area contributed by atoms with E-state index in [1.54, 1.807) is 48.5 Å². The van der Waals surface area contributed by atoms with Crippen molar-refractivity contribution in [1.29, 1.82) is 0 Å². The summed E-state index contributed by atoms with van der Waals surface area (Å²) in [6.45, 7) is 0. The molecule has 0 aliphatic carbocycles. The fourth-order valence-electron chi connectivity index (χ4n) is 3.65. The zero-order valence-electron chi connectivity index (χ0n) is 17.8. The monoisotopic (exact) mass is 494 g/mol. The predicted molar refractivity (Wildman–Crippen MR) is 135 cm³/mol. The lowest BCUT2D eigenvalue weighted by atomic mass is 9.97. The van der Waals surface area contributed by atoms with Gasteiger partial charge in [0.2, 0.25) is 11.9 Å². The van der Waals surface area contributed by atoms with Crippen LogP contribution < -0.4 is 22.9 Å². The lowest BCUT2D eigenvalue weighted by Gasteiger charge is -2.14. The van der Waals surface area contributed by atoms with E-state index in [2.05, 4.69) is 19.9 Å². The molecule has 2 aromatic carbocycles. The summed E-state index contributed by atoms with van der Waals surface area (Å²) in [6.07, 6.45) is -0.141. The minimum absolute atomic E-state index is 0.0320. The van der Waals surface area contributed by atoms with Gasteiger partial charge < -0.3 is 22.9 Å². The van der Waals surface area contributed by atoms with Crippen molar-refractivity contribution < 1.29 is 4.79 Å². The second-order valence-electron chi connectivity index (χ2n) is 7.48. The lowest BCUT2D eigenvalue weighted by molar-refractivity contribution is -0.117. The van der Waals surface area contributed by atoms with Gasteiger partial charge in [-0.1, -0.05) is 47.5 Å². The Balaban J connectivity index is 1.69. The number of halogens is 2. The highest BCUT2D eigenvalue weighted by Gasteiger charge is 2.20. The van der Waals surface area contributed by atoms with Gasteiger partial charge >= 0.3 is 0 Å².